The van der Waals surface area contributed by atoms with Gasteiger partial charge in [-0.2, -0.15) is 8.42 Å². The minimum absolute atomic E-state index is 0.0173. The van der Waals surface area contributed by atoms with E-state index in [0.29, 0.717) is 0 Å². The Hall–Kier alpha value is -1.67. The van der Waals surface area contributed by atoms with E-state index in [-0.39, 0.29) is 31.2 Å². The SMILES string of the molecule is O=S(=O)(O)C(c1ccc(Cl)cc1O)(c1ccccc1Cl)c1cc(Cl)cc(Cl)c1O. The van der Waals surface area contributed by atoms with E-state index in [0.717, 1.165) is 12.1 Å². The van der Waals surface area contributed by atoms with Crippen LogP contribution in [0.15, 0.2) is 54.6 Å². The van der Waals surface area contributed by atoms with Crippen molar-refractivity contribution in [1.29, 1.82) is 0 Å². The van der Waals surface area contributed by atoms with E-state index in [4.69, 9.17) is 46.4 Å². The Morgan fingerprint density at radius 2 is 1.38 bits per heavy atom. The highest BCUT2D eigenvalue weighted by Crippen LogP contribution is 2.53. The molecule has 0 spiro atoms. The third kappa shape index (κ3) is 3.65. The minimum Gasteiger partial charge on any atom is -0.508 e. The fourth-order valence-electron chi connectivity index (χ4n) is 3.24. The van der Waals surface area contributed by atoms with Crippen molar-refractivity contribution in [1.82, 2.24) is 0 Å². The van der Waals surface area contributed by atoms with Gasteiger partial charge in [0.2, 0.25) is 0 Å². The summed E-state index contributed by atoms with van der Waals surface area (Å²) >= 11 is 24.3. The van der Waals surface area contributed by atoms with Gasteiger partial charge < -0.3 is 10.2 Å². The third-order valence-electron chi connectivity index (χ3n) is 4.39. The Balaban J connectivity index is 2.66. The Kier molecular flexibility index (Phi) is 5.98. The first-order chi connectivity index (χ1) is 13.5. The standard InChI is InChI=1S/C19H12Cl4O5S/c20-10-5-6-13(17(24)9-10)19(29(26,27)28,12-3-1-2-4-15(12)22)14-7-11(21)8-16(23)18(14)25/h1-9,24-25H,(H,26,27,28). The second-order valence-corrected chi connectivity index (χ2v) is 9.33. The summed E-state index contributed by atoms with van der Waals surface area (Å²) in [6.07, 6.45) is 0. The summed E-state index contributed by atoms with van der Waals surface area (Å²) in [5, 5.41) is 21.0. The number of rotatable bonds is 4. The molecule has 0 heterocycles. The molecular formula is C19H12Cl4O5S. The van der Waals surface area contributed by atoms with E-state index >= 15 is 0 Å². The van der Waals surface area contributed by atoms with Crippen molar-refractivity contribution in [3.8, 4) is 11.5 Å². The highest BCUT2D eigenvalue weighted by atomic mass is 35.5. The molecule has 3 rings (SSSR count). The first-order valence-corrected chi connectivity index (χ1v) is 10.8. The van der Waals surface area contributed by atoms with Crippen molar-refractivity contribution in [2.75, 3.05) is 0 Å². The van der Waals surface area contributed by atoms with Gasteiger partial charge in [-0.25, -0.2) is 0 Å². The number of phenols is 2. The van der Waals surface area contributed by atoms with E-state index in [2.05, 4.69) is 0 Å². The lowest BCUT2D eigenvalue weighted by Gasteiger charge is -2.34. The second kappa shape index (κ2) is 7.87. The molecule has 3 aromatic rings. The van der Waals surface area contributed by atoms with Gasteiger partial charge in [0.25, 0.3) is 10.1 Å². The number of aromatic hydroxyl groups is 2. The molecule has 5 nitrogen and oxygen atoms in total. The fourth-order valence-corrected chi connectivity index (χ4v) is 5.57. The van der Waals surface area contributed by atoms with Crippen LogP contribution in [0.25, 0.3) is 0 Å². The molecule has 0 amide bonds. The lowest BCUT2D eigenvalue weighted by molar-refractivity contribution is 0.428. The topological polar surface area (TPSA) is 94.8 Å². The van der Waals surface area contributed by atoms with Gasteiger partial charge in [-0.1, -0.05) is 70.7 Å². The Morgan fingerprint density at radius 3 is 1.97 bits per heavy atom. The van der Waals surface area contributed by atoms with Crippen molar-refractivity contribution >= 4 is 56.5 Å². The van der Waals surface area contributed by atoms with Crippen LogP contribution >= 0.6 is 46.4 Å². The monoisotopic (exact) mass is 492 g/mol. The molecule has 0 bridgehead atoms. The molecule has 152 valence electrons. The largest absolute Gasteiger partial charge is 0.508 e. The fraction of sp³-hybridized carbons (Fsp3) is 0.0526. The quantitative estimate of drug-likeness (QED) is 0.311. The van der Waals surface area contributed by atoms with E-state index in [1.54, 1.807) is 6.07 Å². The van der Waals surface area contributed by atoms with E-state index in [9.17, 15) is 23.2 Å². The zero-order valence-corrected chi connectivity index (χ0v) is 18.1. The van der Waals surface area contributed by atoms with Crippen molar-refractivity contribution in [2.24, 2.45) is 0 Å². The highest BCUT2D eigenvalue weighted by molar-refractivity contribution is 7.87. The smallest absolute Gasteiger partial charge is 0.283 e. The van der Waals surface area contributed by atoms with Crippen LogP contribution in [0.5, 0.6) is 11.5 Å². The van der Waals surface area contributed by atoms with Gasteiger partial charge in [-0.3, -0.25) is 4.55 Å². The van der Waals surface area contributed by atoms with Gasteiger partial charge in [0.1, 0.15) is 11.5 Å². The van der Waals surface area contributed by atoms with Gasteiger partial charge in [-0.15, -0.1) is 0 Å². The normalized spacial score (nSPS) is 13.8. The van der Waals surface area contributed by atoms with Crippen molar-refractivity contribution in [3.63, 3.8) is 0 Å². The molecule has 0 saturated carbocycles. The average molecular weight is 494 g/mol. The zero-order valence-electron chi connectivity index (χ0n) is 14.3. The molecule has 0 aliphatic heterocycles. The maximum atomic E-state index is 13.0. The molecule has 0 aliphatic carbocycles. The zero-order chi connectivity index (χ0) is 21.6. The van der Waals surface area contributed by atoms with Crippen LogP contribution in [0.2, 0.25) is 20.1 Å². The first kappa shape index (κ1) is 22.0. The van der Waals surface area contributed by atoms with Gasteiger partial charge in [0.05, 0.1) is 5.02 Å². The minimum atomic E-state index is -5.16. The molecule has 0 aliphatic rings. The molecule has 0 aromatic heterocycles. The van der Waals surface area contributed by atoms with Crippen molar-refractivity contribution < 1.29 is 23.2 Å². The van der Waals surface area contributed by atoms with Crippen LogP contribution in [0.4, 0.5) is 0 Å². The number of hydrogen-bond donors (Lipinski definition) is 3. The second-order valence-electron chi connectivity index (χ2n) is 6.08. The Bertz CT molecular complexity index is 1210. The summed E-state index contributed by atoms with van der Waals surface area (Å²) in [5.41, 5.74) is -0.857. The van der Waals surface area contributed by atoms with Crippen LogP contribution < -0.4 is 0 Å². The first-order valence-electron chi connectivity index (χ1n) is 7.89. The summed E-state index contributed by atoms with van der Waals surface area (Å²) in [7, 11) is -5.16. The van der Waals surface area contributed by atoms with Gasteiger partial charge in [-0.05, 0) is 30.3 Å². The predicted molar refractivity (Wildman–Crippen MR) is 114 cm³/mol. The molecule has 3 aromatic carbocycles. The van der Waals surface area contributed by atoms with Gasteiger partial charge in [0, 0.05) is 31.8 Å². The predicted octanol–water partition coefficient (Wildman–Crippen LogP) is 5.89. The number of hydrogen-bond acceptors (Lipinski definition) is 4. The van der Waals surface area contributed by atoms with Gasteiger partial charge in [0.15, 0.2) is 4.75 Å². The van der Waals surface area contributed by atoms with Crippen LogP contribution in [0.1, 0.15) is 16.7 Å². The van der Waals surface area contributed by atoms with Crippen molar-refractivity contribution in [2.45, 2.75) is 4.75 Å². The Morgan fingerprint density at radius 1 is 0.724 bits per heavy atom. The van der Waals surface area contributed by atoms with Crippen LogP contribution in [0.3, 0.4) is 0 Å². The number of halogens is 4. The molecule has 0 fully saturated rings. The van der Waals surface area contributed by atoms with E-state index < -0.39 is 31.9 Å². The molecular weight excluding hydrogens is 482 g/mol. The molecule has 0 saturated heterocycles. The van der Waals surface area contributed by atoms with E-state index in [1.165, 1.54) is 36.4 Å². The molecule has 1 atom stereocenters. The lowest BCUT2D eigenvalue weighted by atomic mass is 9.83. The van der Waals surface area contributed by atoms with Gasteiger partial charge >= 0.3 is 0 Å². The molecule has 29 heavy (non-hydrogen) atoms. The number of phenolic OH excluding ortho intramolecular Hbond substituents is 2. The summed E-state index contributed by atoms with van der Waals surface area (Å²) in [6, 6.07) is 11.7. The lowest BCUT2D eigenvalue weighted by Crippen LogP contribution is -2.38. The van der Waals surface area contributed by atoms with Crippen LogP contribution in [0, 0.1) is 0 Å². The van der Waals surface area contributed by atoms with Crippen LogP contribution in [-0.2, 0) is 14.9 Å². The van der Waals surface area contributed by atoms with E-state index in [1.807, 2.05) is 0 Å². The molecule has 1 unspecified atom stereocenters. The highest BCUT2D eigenvalue weighted by Gasteiger charge is 2.53. The molecule has 10 heteroatoms. The average Bonchev–Trinajstić information content (AvgIpc) is 2.61. The molecule has 0 radical (unpaired) electrons. The Labute approximate surface area is 186 Å². The number of benzene rings is 3. The summed E-state index contributed by atoms with van der Waals surface area (Å²) in [6.45, 7) is 0. The maximum absolute atomic E-state index is 13.0. The van der Waals surface area contributed by atoms with Crippen molar-refractivity contribution in [3.05, 3.63) is 91.4 Å². The molecule has 3 N–H and O–H groups in total. The summed E-state index contributed by atoms with van der Waals surface area (Å²) < 4.78 is 33.9. The van der Waals surface area contributed by atoms with Crippen LogP contribution in [-0.4, -0.2) is 23.2 Å². The maximum Gasteiger partial charge on any atom is 0.283 e. The summed E-state index contributed by atoms with van der Waals surface area (Å²) in [4.78, 5) is 0. The third-order valence-corrected chi connectivity index (χ3v) is 6.89. The summed E-state index contributed by atoms with van der Waals surface area (Å²) in [5.74, 6) is -1.23.